The minimum atomic E-state index is 0.386. The summed E-state index contributed by atoms with van der Waals surface area (Å²) in [6.07, 6.45) is 6.37. The number of nitrogens with one attached hydrogen (secondary N) is 1. The number of hydrogen-bond acceptors (Lipinski definition) is 1. The first-order valence-electron chi connectivity index (χ1n) is 8.28. The van der Waals surface area contributed by atoms with E-state index in [0.717, 1.165) is 19.0 Å². The maximum absolute atomic E-state index is 3.57. The highest BCUT2D eigenvalue weighted by Crippen LogP contribution is 2.29. The summed E-state index contributed by atoms with van der Waals surface area (Å²) in [5.41, 5.74) is 5.11. The molecule has 0 atom stereocenters. The van der Waals surface area contributed by atoms with E-state index < -0.39 is 0 Å². The summed E-state index contributed by atoms with van der Waals surface area (Å²) < 4.78 is 0. The monoisotopic (exact) mass is 273 g/mol. The molecule has 1 aliphatic rings. The summed E-state index contributed by atoms with van der Waals surface area (Å²) in [6, 6.07) is 7.18. The Hall–Kier alpha value is -0.820. The van der Waals surface area contributed by atoms with Crippen LogP contribution in [0.3, 0.4) is 0 Å². The van der Waals surface area contributed by atoms with E-state index in [2.05, 4.69) is 51.2 Å². The lowest BCUT2D eigenvalue weighted by Crippen LogP contribution is -2.26. The van der Waals surface area contributed by atoms with Crippen molar-refractivity contribution in [2.45, 2.75) is 59.8 Å². The lowest BCUT2D eigenvalue weighted by molar-refractivity contribution is 0.322. The maximum Gasteiger partial charge on any atom is -0.00258 e. The van der Waals surface area contributed by atoms with Crippen LogP contribution in [0.1, 0.15) is 57.2 Å². The second-order valence-electron chi connectivity index (χ2n) is 7.65. The first-order chi connectivity index (χ1) is 9.46. The van der Waals surface area contributed by atoms with Crippen LogP contribution in [0.25, 0.3) is 0 Å². The third-order valence-electron chi connectivity index (χ3n) is 4.38. The topological polar surface area (TPSA) is 12.0 Å². The number of aryl methyl sites for hydroxylation is 2. The average molecular weight is 273 g/mol. The minimum absolute atomic E-state index is 0.386. The summed E-state index contributed by atoms with van der Waals surface area (Å²) in [7, 11) is 0. The van der Waals surface area contributed by atoms with Gasteiger partial charge in [0.15, 0.2) is 0 Å². The molecule has 1 heteroatoms. The zero-order valence-corrected chi connectivity index (χ0v) is 13.8. The van der Waals surface area contributed by atoms with Crippen LogP contribution in [0.15, 0.2) is 18.2 Å². The van der Waals surface area contributed by atoms with E-state index >= 15 is 0 Å². The lowest BCUT2D eigenvalue weighted by Gasteiger charge is -2.25. The van der Waals surface area contributed by atoms with E-state index in [0.29, 0.717) is 5.41 Å². The fourth-order valence-electron chi connectivity index (χ4n) is 3.19. The van der Waals surface area contributed by atoms with Crippen molar-refractivity contribution in [1.82, 2.24) is 5.32 Å². The van der Waals surface area contributed by atoms with E-state index in [-0.39, 0.29) is 0 Å². The Morgan fingerprint density at radius 3 is 2.65 bits per heavy atom. The van der Waals surface area contributed by atoms with E-state index in [1.807, 2.05) is 0 Å². The molecule has 0 unspecified atom stereocenters. The van der Waals surface area contributed by atoms with Gasteiger partial charge in [-0.2, -0.15) is 0 Å². The fraction of sp³-hybridized carbons (Fsp3) is 0.684. The van der Waals surface area contributed by atoms with Gasteiger partial charge in [-0.1, -0.05) is 45.9 Å². The first kappa shape index (κ1) is 15.6. The van der Waals surface area contributed by atoms with Gasteiger partial charge in [0.2, 0.25) is 0 Å². The second-order valence-corrected chi connectivity index (χ2v) is 7.65. The molecule has 0 heterocycles. The van der Waals surface area contributed by atoms with Gasteiger partial charge in [-0.05, 0) is 73.2 Å². The molecular formula is C19H31N. The molecule has 1 aromatic carbocycles. The van der Waals surface area contributed by atoms with Gasteiger partial charge in [-0.15, -0.1) is 0 Å². The predicted molar refractivity (Wildman–Crippen MR) is 88.3 cm³/mol. The highest BCUT2D eigenvalue weighted by atomic mass is 14.8. The largest absolute Gasteiger partial charge is 0.316 e. The molecule has 20 heavy (non-hydrogen) atoms. The van der Waals surface area contributed by atoms with Crippen molar-refractivity contribution in [3.8, 4) is 0 Å². The molecule has 0 aromatic heterocycles. The van der Waals surface area contributed by atoms with Crippen LogP contribution in [0, 0.1) is 11.3 Å². The van der Waals surface area contributed by atoms with Gasteiger partial charge >= 0.3 is 0 Å². The highest BCUT2D eigenvalue weighted by Gasteiger charge is 2.19. The maximum atomic E-state index is 3.57. The second kappa shape index (κ2) is 6.76. The van der Waals surface area contributed by atoms with E-state index in [1.165, 1.54) is 37.7 Å². The van der Waals surface area contributed by atoms with Gasteiger partial charge < -0.3 is 5.32 Å². The third-order valence-corrected chi connectivity index (χ3v) is 4.38. The van der Waals surface area contributed by atoms with Crippen molar-refractivity contribution >= 4 is 0 Å². The zero-order valence-electron chi connectivity index (χ0n) is 13.8. The summed E-state index contributed by atoms with van der Waals surface area (Å²) in [5, 5.41) is 3.57. The van der Waals surface area contributed by atoms with Crippen molar-refractivity contribution in [2.75, 3.05) is 13.1 Å². The molecule has 1 aromatic rings. The van der Waals surface area contributed by atoms with Crippen LogP contribution in [0.5, 0.6) is 0 Å². The molecule has 0 fully saturated rings. The fourth-order valence-corrected chi connectivity index (χ4v) is 3.19. The molecule has 0 aliphatic heterocycles. The quantitative estimate of drug-likeness (QED) is 0.727. The van der Waals surface area contributed by atoms with Crippen molar-refractivity contribution in [3.05, 3.63) is 34.9 Å². The molecule has 0 saturated carbocycles. The Morgan fingerprint density at radius 2 is 1.90 bits per heavy atom. The standard InChI is InChI=1S/C19H31N/c1-15(2)14-20-11-10-19(3,4)13-16-8-9-17-6-5-7-18(17)12-16/h8-9,12,15,20H,5-7,10-11,13-14H2,1-4H3. The lowest BCUT2D eigenvalue weighted by atomic mass is 9.82. The van der Waals surface area contributed by atoms with Crippen LogP contribution in [0.4, 0.5) is 0 Å². The first-order valence-corrected chi connectivity index (χ1v) is 8.28. The van der Waals surface area contributed by atoms with Gasteiger partial charge in [0.25, 0.3) is 0 Å². The van der Waals surface area contributed by atoms with Gasteiger partial charge in [-0.25, -0.2) is 0 Å². The number of fused-ring (bicyclic) bond motifs is 1. The van der Waals surface area contributed by atoms with Crippen LogP contribution >= 0.6 is 0 Å². The molecule has 0 radical (unpaired) electrons. The molecule has 112 valence electrons. The number of rotatable bonds is 7. The van der Waals surface area contributed by atoms with Crippen LogP contribution in [0.2, 0.25) is 0 Å². The van der Waals surface area contributed by atoms with Crippen molar-refractivity contribution in [1.29, 1.82) is 0 Å². The van der Waals surface area contributed by atoms with Crippen LogP contribution < -0.4 is 5.32 Å². The van der Waals surface area contributed by atoms with Gasteiger partial charge in [-0.3, -0.25) is 0 Å². The Morgan fingerprint density at radius 1 is 1.15 bits per heavy atom. The summed E-state index contributed by atoms with van der Waals surface area (Å²) >= 11 is 0. The normalized spacial score (nSPS) is 14.8. The number of hydrogen-bond donors (Lipinski definition) is 1. The van der Waals surface area contributed by atoms with Crippen molar-refractivity contribution < 1.29 is 0 Å². The molecule has 1 aliphatic carbocycles. The minimum Gasteiger partial charge on any atom is -0.316 e. The van der Waals surface area contributed by atoms with Gasteiger partial charge in [0, 0.05) is 0 Å². The molecule has 2 rings (SSSR count). The smallest absolute Gasteiger partial charge is 0.00258 e. The Kier molecular flexibility index (Phi) is 5.26. The summed E-state index contributed by atoms with van der Waals surface area (Å²) in [4.78, 5) is 0. The molecule has 0 saturated heterocycles. The van der Waals surface area contributed by atoms with E-state index in [9.17, 15) is 0 Å². The molecule has 0 bridgehead atoms. The molecule has 1 nitrogen and oxygen atoms in total. The summed E-state index contributed by atoms with van der Waals surface area (Å²) in [6.45, 7) is 11.6. The Labute approximate surface area is 125 Å². The molecular weight excluding hydrogens is 242 g/mol. The summed E-state index contributed by atoms with van der Waals surface area (Å²) in [5.74, 6) is 0.745. The Bertz CT molecular complexity index is 431. The van der Waals surface area contributed by atoms with Gasteiger partial charge in [0.1, 0.15) is 0 Å². The van der Waals surface area contributed by atoms with Crippen molar-refractivity contribution in [3.63, 3.8) is 0 Å². The van der Waals surface area contributed by atoms with E-state index in [1.54, 1.807) is 11.1 Å². The van der Waals surface area contributed by atoms with Crippen LogP contribution in [-0.2, 0) is 19.3 Å². The van der Waals surface area contributed by atoms with Crippen molar-refractivity contribution in [2.24, 2.45) is 11.3 Å². The molecule has 0 amide bonds. The van der Waals surface area contributed by atoms with Gasteiger partial charge in [0.05, 0.1) is 0 Å². The highest BCUT2D eigenvalue weighted by molar-refractivity contribution is 5.35. The van der Waals surface area contributed by atoms with Crippen LogP contribution in [-0.4, -0.2) is 13.1 Å². The predicted octanol–water partition coefficient (Wildman–Crippen LogP) is 4.38. The molecule has 0 spiro atoms. The SMILES string of the molecule is CC(C)CNCCC(C)(C)Cc1ccc2c(c1)CCC2. The number of benzene rings is 1. The zero-order chi connectivity index (χ0) is 14.6. The average Bonchev–Trinajstić information content (AvgIpc) is 2.81. The Balaban J connectivity index is 1.84. The molecule has 1 N–H and O–H groups in total. The third kappa shape index (κ3) is 4.63. The van der Waals surface area contributed by atoms with E-state index in [4.69, 9.17) is 0 Å².